The molecule has 0 spiro atoms. The maximum absolute atomic E-state index is 6.05. The zero-order valence-corrected chi connectivity index (χ0v) is 9.65. The molecule has 1 aromatic heterocycles. The predicted octanol–water partition coefficient (Wildman–Crippen LogP) is 2.49. The lowest BCUT2D eigenvalue weighted by molar-refractivity contribution is 0.777. The maximum atomic E-state index is 6.05. The first-order valence-corrected chi connectivity index (χ1v) is 5.34. The van der Waals surface area contributed by atoms with E-state index in [1.165, 1.54) is 0 Å². The highest BCUT2D eigenvalue weighted by Crippen LogP contribution is 2.19. The molecule has 1 unspecified atom stereocenters. The summed E-state index contributed by atoms with van der Waals surface area (Å²) in [5.41, 5.74) is 7.98. The molecule has 82 valence electrons. The molecule has 2 rings (SSSR count). The third kappa shape index (κ3) is 2.38. The van der Waals surface area contributed by atoms with Crippen molar-refractivity contribution in [3.05, 3.63) is 58.6 Å². The number of hydrogen-bond donors (Lipinski definition) is 1. The van der Waals surface area contributed by atoms with Crippen LogP contribution in [0.4, 0.5) is 0 Å². The number of benzene rings is 1. The summed E-state index contributed by atoms with van der Waals surface area (Å²) in [4.78, 5) is 8.41. The van der Waals surface area contributed by atoms with Crippen LogP contribution in [-0.4, -0.2) is 9.97 Å². The largest absolute Gasteiger partial charge is 0.318 e. The molecule has 0 aliphatic rings. The van der Waals surface area contributed by atoms with E-state index in [1.807, 2.05) is 31.2 Å². The summed E-state index contributed by atoms with van der Waals surface area (Å²) in [5, 5.41) is 0.667. The van der Waals surface area contributed by atoms with Gasteiger partial charge in [-0.25, -0.2) is 9.97 Å². The molecule has 0 bridgehead atoms. The number of aromatic nitrogens is 2. The average molecular weight is 234 g/mol. The van der Waals surface area contributed by atoms with Crippen LogP contribution >= 0.6 is 11.6 Å². The number of nitrogens with zero attached hydrogens (tertiary/aromatic N) is 2. The van der Waals surface area contributed by atoms with Crippen molar-refractivity contribution >= 4 is 11.6 Å². The zero-order chi connectivity index (χ0) is 11.5. The Labute approximate surface area is 99.3 Å². The fourth-order valence-corrected chi connectivity index (χ4v) is 1.61. The number of aryl methyl sites for hydroxylation is 1. The Morgan fingerprint density at radius 1 is 1.25 bits per heavy atom. The van der Waals surface area contributed by atoms with Gasteiger partial charge < -0.3 is 5.73 Å². The number of nitrogens with two attached hydrogens (primary N) is 1. The van der Waals surface area contributed by atoms with Crippen LogP contribution in [0.5, 0.6) is 0 Å². The van der Waals surface area contributed by atoms with Crippen molar-refractivity contribution in [3.8, 4) is 0 Å². The molecule has 3 nitrogen and oxygen atoms in total. The summed E-state index contributed by atoms with van der Waals surface area (Å²) < 4.78 is 0. The van der Waals surface area contributed by atoms with Crippen molar-refractivity contribution in [2.45, 2.75) is 13.0 Å². The van der Waals surface area contributed by atoms with Gasteiger partial charge in [0.1, 0.15) is 5.82 Å². The first kappa shape index (κ1) is 11.0. The molecule has 1 heterocycles. The highest BCUT2D eigenvalue weighted by molar-refractivity contribution is 6.30. The molecule has 0 amide bonds. The fourth-order valence-electron chi connectivity index (χ4n) is 1.41. The second kappa shape index (κ2) is 4.60. The summed E-state index contributed by atoms with van der Waals surface area (Å²) in [6.07, 6.45) is 3.51. The first-order valence-electron chi connectivity index (χ1n) is 4.96. The molecule has 2 N–H and O–H groups in total. The summed E-state index contributed by atoms with van der Waals surface area (Å²) in [6, 6.07) is 7.09. The highest BCUT2D eigenvalue weighted by Gasteiger charge is 2.11. The average Bonchev–Trinajstić information content (AvgIpc) is 2.29. The van der Waals surface area contributed by atoms with Gasteiger partial charge in [0.05, 0.1) is 6.04 Å². The summed E-state index contributed by atoms with van der Waals surface area (Å²) in [6.45, 7) is 1.94. The van der Waals surface area contributed by atoms with E-state index in [1.54, 1.807) is 12.4 Å². The van der Waals surface area contributed by atoms with Crippen LogP contribution in [0.3, 0.4) is 0 Å². The quantitative estimate of drug-likeness (QED) is 0.867. The Morgan fingerprint density at radius 3 is 2.56 bits per heavy atom. The molecule has 1 aromatic carbocycles. The second-order valence-corrected chi connectivity index (χ2v) is 4.09. The van der Waals surface area contributed by atoms with E-state index in [2.05, 4.69) is 9.97 Å². The van der Waals surface area contributed by atoms with Gasteiger partial charge in [0.15, 0.2) is 0 Å². The van der Waals surface area contributed by atoms with Crippen LogP contribution in [0.25, 0.3) is 0 Å². The molecule has 0 radical (unpaired) electrons. The van der Waals surface area contributed by atoms with Gasteiger partial charge in [-0.05, 0) is 30.2 Å². The SMILES string of the molecule is Cc1cnc(C(N)c2cccc(Cl)c2)nc1. The minimum atomic E-state index is -0.334. The van der Waals surface area contributed by atoms with E-state index in [-0.39, 0.29) is 6.04 Å². The van der Waals surface area contributed by atoms with E-state index in [9.17, 15) is 0 Å². The number of halogens is 1. The molecule has 0 aliphatic carbocycles. The van der Waals surface area contributed by atoms with Gasteiger partial charge in [0.25, 0.3) is 0 Å². The Bertz CT molecular complexity index is 482. The van der Waals surface area contributed by atoms with Crippen molar-refractivity contribution in [2.24, 2.45) is 5.73 Å². The van der Waals surface area contributed by atoms with Crippen LogP contribution in [0, 0.1) is 6.92 Å². The van der Waals surface area contributed by atoms with Gasteiger partial charge in [-0.1, -0.05) is 23.7 Å². The second-order valence-electron chi connectivity index (χ2n) is 3.65. The standard InChI is InChI=1S/C12H12ClN3/c1-8-6-15-12(16-7-8)11(14)9-3-2-4-10(13)5-9/h2-7,11H,14H2,1H3. The van der Waals surface area contributed by atoms with Crippen molar-refractivity contribution in [2.75, 3.05) is 0 Å². The molecule has 0 fully saturated rings. The van der Waals surface area contributed by atoms with Gasteiger partial charge in [0.2, 0.25) is 0 Å². The summed E-state index contributed by atoms with van der Waals surface area (Å²) in [5.74, 6) is 0.605. The number of hydrogen-bond acceptors (Lipinski definition) is 3. The van der Waals surface area contributed by atoms with E-state index in [4.69, 9.17) is 17.3 Å². The fraction of sp³-hybridized carbons (Fsp3) is 0.167. The molecular weight excluding hydrogens is 222 g/mol. The molecule has 16 heavy (non-hydrogen) atoms. The van der Waals surface area contributed by atoms with Gasteiger partial charge in [0, 0.05) is 17.4 Å². The minimum absolute atomic E-state index is 0.334. The van der Waals surface area contributed by atoms with Crippen LogP contribution in [0.2, 0.25) is 5.02 Å². The smallest absolute Gasteiger partial charge is 0.149 e. The number of rotatable bonds is 2. The van der Waals surface area contributed by atoms with Crippen LogP contribution in [0.1, 0.15) is 23.0 Å². The minimum Gasteiger partial charge on any atom is -0.318 e. The molecule has 2 aromatic rings. The normalized spacial score (nSPS) is 12.4. The Morgan fingerprint density at radius 2 is 1.94 bits per heavy atom. The monoisotopic (exact) mass is 233 g/mol. The lowest BCUT2D eigenvalue weighted by Gasteiger charge is -2.10. The van der Waals surface area contributed by atoms with Crippen LogP contribution < -0.4 is 5.73 Å². The summed E-state index contributed by atoms with van der Waals surface area (Å²) >= 11 is 5.91. The molecule has 4 heteroatoms. The van der Waals surface area contributed by atoms with Crippen LogP contribution in [-0.2, 0) is 0 Å². The third-order valence-electron chi connectivity index (χ3n) is 2.29. The van der Waals surface area contributed by atoms with Gasteiger partial charge in [-0.2, -0.15) is 0 Å². The predicted molar refractivity (Wildman–Crippen MR) is 64.3 cm³/mol. The lowest BCUT2D eigenvalue weighted by atomic mass is 10.1. The van der Waals surface area contributed by atoms with Crippen molar-refractivity contribution in [1.29, 1.82) is 0 Å². The van der Waals surface area contributed by atoms with Gasteiger partial charge in [-0.3, -0.25) is 0 Å². The lowest BCUT2D eigenvalue weighted by Crippen LogP contribution is -2.15. The van der Waals surface area contributed by atoms with Gasteiger partial charge in [-0.15, -0.1) is 0 Å². The highest BCUT2D eigenvalue weighted by atomic mass is 35.5. The topological polar surface area (TPSA) is 51.8 Å². The Balaban J connectivity index is 2.31. The molecule has 0 saturated carbocycles. The molecule has 1 atom stereocenters. The Hall–Kier alpha value is -1.45. The molecule has 0 aliphatic heterocycles. The van der Waals surface area contributed by atoms with E-state index in [0.717, 1.165) is 11.1 Å². The van der Waals surface area contributed by atoms with Crippen molar-refractivity contribution in [1.82, 2.24) is 9.97 Å². The third-order valence-corrected chi connectivity index (χ3v) is 2.52. The van der Waals surface area contributed by atoms with Crippen LogP contribution in [0.15, 0.2) is 36.7 Å². The summed E-state index contributed by atoms with van der Waals surface area (Å²) in [7, 11) is 0. The Kier molecular flexibility index (Phi) is 3.17. The first-order chi connectivity index (χ1) is 7.66. The van der Waals surface area contributed by atoms with E-state index in [0.29, 0.717) is 10.8 Å². The maximum Gasteiger partial charge on any atom is 0.149 e. The van der Waals surface area contributed by atoms with Gasteiger partial charge >= 0.3 is 0 Å². The van der Waals surface area contributed by atoms with E-state index < -0.39 is 0 Å². The molecule has 0 saturated heterocycles. The molecular formula is C12H12ClN3. The zero-order valence-electron chi connectivity index (χ0n) is 8.89. The van der Waals surface area contributed by atoms with E-state index >= 15 is 0 Å². The van der Waals surface area contributed by atoms with Crippen molar-refractivity contribution < 1.29 is 0 Å². The van der Waals surface area contributed by atoms with Crippen molar-refractivity contribution in [3.63, 3.8) is 0 Å².